The van der Waals surface area contributed by atoms with E-state index in [9.17, 15) is 4.57 Å². The highest BCUT2D eigenvalue weighted by Crippen LogP contribution is 2.65. The van der Waals surface area contributed by atoms with Crippen LogP contribution < -0.4 is 5.30 Å². The normalized spacial score (nSPS) is 21.6. The van der Waals surface area contributed by atoms with Crippen molar-refractivity contribution in [2.75, 3.05) is 0 Å². The topological polar surface area (TPSA) is 17.1 Å². The van der Waals surface area contributed by atoms with Crippen molar-refractivity contribution in [3.05, 3.63) is 76.3 Å². The van der Waals surface area contributed by atoms with Gasteiger partial charge < -0.3 is 4.57 Å². The Bertz CT molecular complexity index is 809. The molecule has 5 heteroatoms. The second-order valence-electron chi connectivity index (χ2n) is 4.62. The molecule has 1 unspecified atom stereocenters. The van der Waals surface area contributed by atoms with E-state index >= 15 is 0 Å². The Morgan fingerprint density at radius 2 is 1.57 bits per heavy atom. The average molecular weight is 356 g/mol. The molecule has 0 aliphatic carbocycles. The van der Waals surface area contributed by atoms with Crippen molar-refractivity contribution in [3.63, 3.8) is 0 Å². The van der Waals surface area contributed by atoms with Crippen molar-refractivity contribution in [1.29, 1.82) is 0 Å². The zero-order valence-electron chi connectivity index (χ0n) is 10.8. The predicted octanol–water partition coefficient (Wildman–Crippen LogP) is 6.03. The molecule has 106 valence electrons. The van der Waals surface area contributed by atoms with Crippen LogP contribution in [-0.4, -0.2) is 0 Å². The molecular formula is C16H10Cl3OP. The molecule has 1 aliphatic heterocycles. The fourth-order valence-electron chi connectivity index (χ4n) is 2.27. The molecule has 0 saturated carbocycles. The largest absolute Gasteiger partial charge is 0.308 e. The standard InChI is InChI=1S/C16H10Cl3OP/c17-13(11-6-2-1-3-7-11)10-21(20)14-9-5-4-8-12(14)15(18)16(21)19/h1-10H/b13-10-. The molecule has 0 bridgehead atoms. The highest BCUT2D eigenvalue weighted by Gasteiger charge is 2.38. The highest BCUT2D eigenvalue weighted by atomic mass is 35.5. The summed E-state index contributed by atoms with van der Waals surface area (Å²) in [5.41, 5.74) is 1.50. The summed E-state index contributed by atoms with van der Waals surface area (Å²) in [6.45, 7) is 0. The average Bonchev–Trinajstić information content (AvgIpc) is 2.71. The first-order chi connectivity index (χ1) is 10.0. The molecular weight excluding hydrogens is 346 g/mol. The summed E-state index contributed by atoms with van der Waals surface area (Å²) in [6, 6.07) is 16.6. The van der Waals surface area contributed by atoms with E-state index in [1.54, 1.807) is 6.07 Å². The van der Waals surface area contributed by atoms with Crippen LogP contribution in [0.25, 0.3) is 10.1 Å². The monoisotopic (exact) mass is 354 g/mol. The third-order valence-electron chi connectivity index (χ3n) is 3.32. The lowest BCUT2D eigenvalue weighted by Crippen LogP contribution is -2.02. The summed E-state index contributed by atoms with van der Waals surface area (Å²) in [7, 11) is -3.11. The van der Waals surface area contributed by atoms with Crippen LogP contribution in [0.4, 0.5) is 0 Å². The summed E-state index contributed by atoms with van der Waals surface area (Å²) >= 11 is 18.8. The maximum atomic E-state index is 13.3. The molecule has 21 heavy (non-hydrogen) atoms. The van der Waals surface area contributed by atoms with Crippen LogP contribution in [0.3, 0.4) is 0 Å². The summed E-state index contributed by atoms with van der Waals surface area (Å²) < 4.78 is 13.5. The number of benzene rings is 2. The molecule has 0 spiro atoms. The first-order valence-electron chi connectivity index (χ1n) is 6.23. The number of hydrogen-bond donors (Lipinski definition) is 0. The Kier molecular flexibility index (Phi) is 4.03. The molecule has 0 radical (unpaired) electrons. The number of hydrogen-bond acceptors (Lipinski definition) is 1. The lowest BCUT2D eigenvalue weighted by molar-refractivity contribution is 0.591. The maximum absolute atomic E-state index is 13.3. The quantitative estimate of drug-likeness (QED) is 0.601. The van der Waals surface area contributed by atoms with Crippen LogP contribution in [0.1, 0.15) is 11.1 Å². The van der Waals surface area contributed by atoms with E-state index in [-0.39, 0.29) is 4.77 Å². The van der Waals surface area contributed by atoms with Crippen molar-refractivity contribution >= 4 is 57.3 Å². The highest BCUT2D eigenvalue weighted by molar-refractivity contribution is 7.81. The van der Waals surface area contributed by atoms with Crippen molar-refractivity contribution in [2.24, 2.45) is 0 Å². The fraction of sp³-hybridized carbons (Fsp3) is 0. The van der Waals surface area contributed by atoms with Crippen LogP contribution in [0, 0.1) is 0 Å². The van der Waals surface area contributed by atoms with Gasteiger partial charge in [-0.15, -0.1) is 0 Å². The number of halogens is 3. The molecule has 1 aliphatic rings. The minimum absolute atomic E-state index is 0.166. The first-order valence-corrected chi connectivity index (χ1v) is 9.14. The van der Waals surface area contributed by atoms with Gasteiger partial charge in [0, 0.05) is 16.7 Å². The van der Waals surface area contributed by atoms with Crippen molar-refractivity contribution in [1.82, 2.24) is 0 Å². The maximum Gasteiger partial charge on any atom is 0.178 e. The minimum atomic E-state index is -3.11. The smallest absolute Gasteiger partial charge is 0.178 e. The molecule has 0 aromatic heterocycles. The zero-order valence-corrected chi connectivity index (χ0v) is 13.9. The van der Waals surface area contributed by atoms with Crippen molar-refractivity contribution in [2.45, 2.75) is 0 Å². The lowest BCUT2D eigenvalue weighted by Gasteiger charge is -2.10. The van der Waals surface area contributed by atoms with Crippen molar-refractivity contribution in [3.8, 4) is 0 Å². The number of fused-ring (bicyclic) bond motifs is 1. The summed E-state index contributed by atoms with van der Waals surface area (Å²) in [5, 5.41) is 1.37. The second-order valence-corrected chi connectivity index (χ2v) is 8.55. The van der Waals surface area contributed by atoms with E-state index in [0.717, 1.165) is 5.56 Å². The van der Waals surface area contributed by atoms with Crippen LogP contribution in [0.2, 0.25) is 0 Å². The van der Waals surface area contributed by atoms with Gasteiger partial charge in [0.15, 0.2) is 7.14 Å². The fourth-order valence-corrected chi connectivity index (χ4v) is 6.13. The van der Waals surface area contributed by atoms with Gasteiger partial charge in [0.05, 0.1) is 10.1 Å². The Hall–Kier alpha value is -0.980. The van der Waals surface area contributed by atoms with E-state index in [2.05, 4.69) is 0 Å². The molecule has 2 aromatic rings. The van der Waals surface area contributed by atoms with Gasteiger partial charge in [0.1, 0.15) is 4.77 Å². The Morgan fingerprint density at radius 1 is 0.952 bits per heavy atom. The van der Waals surface area contributed by atoms with Crippen LogP contribution in [0.15, 0.2) is 65.2 Å². The SMILES string of the molecule is O=P1(/C=C(\Cl)c2ccccc2)C(Cl)=C(Cl)c2ccccc21. The molecule has 0 fully saturated rings. The Labute approximate surface area is 138 Å². The minimum Gasteiger partial charge on any atom is -0.308 e. The van der Waals surface area contributed by atoms with E-state index in [4.69, 9.17) is 34.8 Å². The lowest BCUT2D eigenvalue weighted by atomic mass is 10.2. The van der Waals surface area contributed by atoms with Gasteiger partial charge in [-0.1, -0.05) is 89.4 Å². The van der Waals surface area contributed by atoms with Crippen molar-refractivity contribution < 1.29 is 4.57 Å². The number of rotatable bonds is 2. The Morgan fingerprint density at radius 3 is 2.29 bits per heavy atom. The van der Waals surface area contributed by atoms with Gasteiger partial charge in [-0.25, -0.2) is 0 Å². The summed E-state index contributed by atoms with van der Waals surface area (Å²) in [5.74, 6) is 1.53. The molecule has 0 saturated heterocycles. The van der Waals surface area contributed by atoms with E-state index in [1.165, 1.54) is 5.82 Å². The molecule has 3 rings (SSSR count). The predicted molar refractivity (Wildman–Crippen MR) is 92.6 cm³/mol. The third-order valence-corrected chi connectivity index (χ3v) is 7.89. The van der Waals surface area contributed by atoms with E-state index in [0.29, 0.717) is 20.9 Å². The molecule has 0 amide bonds. The van der Waals surface area contributed by atoms with Crippen LogP contribution in [0.5, 0.6) is 0 Å². The van der Waals surface area contributed by atoms with Gasteiger partial charge in [0.25, 0.3) is 0 Å². The van der Waals surface area contributed by atoms with Gasteiger partial charge in [-0.05, 0) is 5.56 Å². The molecule has 1 heterocycles. The van der Waals surface area contributed by atoms with Gasteiger partial charge in [-0.2, -0.15) is 0 Å². The zero-order chi connectivity index (χ0) is 15.0. The summed E-state index contributed by atoms with van der Waals surface area (Å²) in [4.78, 5) is 0. The molecule has 0 N–H and O–H groups in total. The summed E-state index contributed by atoms with van der Waals surface area (Å²) in [6.07, 6.45) is 0. The van der Waals surface area contributed by atoms with E-state index < -0.39 is 7.14 Å². The first kappa shape index (κ1) is 14.9. The molecule has 1 atom stereocenters. The Balaban J connectivity index is 2.17. The van der Waals surface area contributed by atoms with Gasteiger partial charge in [-0.3, -0.25) is 0 Å². The molecule has 2 aromatic carbocycles. The third kappa shape index (κ3) is 2.49. The second kappa shape index (κ2) is 5.66. The van der Waals surface area contributed by atoms with Gasteiger partial charge >= 0.3 is 0 Å². The van der Waals surface area contributed by atoms with E-state index in [1.807, 2.05) is 48.5 Å². The van der Waals surface area contributed by atoms with Crippen LogP contribution in [-0.2, 0) is 4.57 Å². The van der Waals surface area contributed by atoms with Gasteiger partial charge in [0.2, 0.25) is 0 Å². The van der Waals surface area contributed by atoms with Crippen LogP contribution >= 0.6 is 41.9 Å². The molecule has 1 nitrogen and oxygen atoms in total.